The number of nitrogens with one attached hydrogen (secondary N) is 3. The Morgan fingerprint density at radius 3 is 2.82 bits per heavy atom. The van der Waals surface area contributed by atoms with Gasteiger partial charge < -0.3 is 10.6 Å². The van der Waals surface area contributed by atoms with Crippen LogP contribution in [0.5, 0.6) is 0 Å². The first kappa shape index (κ1) is 18.7. The van der Waals surface area contributed by atoms with Gasteiger partial charge in [0.15, 0.2) is 11.6 Å². The first-order chi connectivity index (χ1) is 13.5. The summed E-state index contributed by atoms with van der Waals surface area (Å²) in [7, 11) is 0. The summed E-state index contributed by atoms with van der Waals surface area (Å²) in [6.07, 6.45) is 1.87. The van der Waals surface area contributed by atoms with Crippen LogP contribution in [0.25, 0.3) is 22.0 Å². The van der Waals surface area contributed by atoms with Gasteiger partial charge in [-0.05, 0) is 62.2 Å². The number of hydrogen-bond donors (Lipinski definition) is 3. The molecule has 144 valence electrons. The maximum absolute atomic E-state index is 12.6. The van der Waals surface area contributed by atoms with E-state index in [2.05, 4.69) is 20.8 Å². The van der Waals surface area contributed by atoms with Crippen LogP contribution >= 0.6 is 11.6 Å². The van der Waals surface area contributed by atoms with Crippen LogP contribution < -0.4 is 10.6 Å². The molecule has 4 rings (SSSR count). The van der Waals surface area contributed by atoms with E-state index in [1.54, 1.807) is 18.2 Å². The number of anilines is 1. The number of carbonyl (C=O) groups is 2. The molecule has 2 heterocycles. The Bertz CT molecular complexity index is 1050. The monoisotopic (exact) mass is 396 g/mol. The third kappa shape index (κ3) is 3.66. The number of piperidine rings is 1. The minimum atomic E-state index is -0.0506. The molecule has 6 nitrogen and oxygen atoms in total. The molecule has 3 N–H and O–H groups in total. The van der Waals surface area contributed by atoms with Crippen molar-refractivity contribution in [2.75, 3.05) is 18.4 Å². The fourth-order valence-electron chi connectivity index (χ4n) is 3.54. The molecule has 1 aliphatic rings. The first-order valence-corrected chi connectivity index (χ1v) is 9.71. The molecule has 1 aliphatic heterocycles. The van der Waals surface area contributed by atoms with E-state index in [-0.39, 0.29) is 17.6 Å². The van der Waals surface area contributed by atoms with Gasteiger partial charge >= 0.3 is 0 Å². The van der Waals surface area contributed by atoms with Crippen molar-refractivity contribution in [3.8, 4) is 11.1 Å². The van der Waals surface area contributed by atoms with Crippen molar-refractivity contribution in [3.63, 3.8) is 0 Å². The molecule has 0 saturated carbocycles. The number of hydrogen-bond acceptors (Lipinski definition) is 4. The van der Waals surface area contributed by atoms with E-state index in [9.17, 15) is 9.59 Å². The van der Waals surface area contributed by atoms with Gasteiger partial charge in [-0.15, -0.1) is 0 Å². The summed E-state index contributed by atoms with van der Waals surface area (Å²) in [5.41, 5.74) is 3.05. The highest BCUT2D eigenvalue weighted by atomic mass is 35.5. The van der Waals surface area contributed by atoms with Crippen molar-refractivity contribution < 1.29 is 9.59 Å². The van der Waals surface area contributed by atoms with Gasteiger partial charge in [-0.2, -0.15) is 5.10 Å². The zero-order chi connectivity index (χ0) is 19.7. The smallest absolute Gasteiger partial charge is 0.229 e. The quantitative estimate of drug-likeness (QED) is 0.581. The fourth-order valence-corrected chi connectivity index (χ4v) is 3.76. The van der Waals surface area contributed by atoms with Gasteiger partial charge in [-0.3, -0.25) is 14.7 Å². The van der Waals surface area contributed by atoms with Gasteiger partial charge in [-0.1, -0.05) is 17.7 Å². The molecule has 0 bridgehead atoms. The second kappa shape index (κ2) is 7.73. The Kier molecular flexibility index (Phi) is 5.15. The van der Waals surface area contributed by atoms with E-state index >= 15 is 0 Å². The van der Waals surface area contributed by atoms with Crippen molar-refractivity contribution in [2.45, 2.75) is 19.8 Å². The van der Waals surface area contributed by atoms with Gasteiger partial charge in [0.05, 0.1) is 11.4 Å². The van der Waals surface area contributed by atoms with Crippen LogP contribution in [0.3, 0.4) is 0 Å². The normalized spacial score (nSPS) is 16.9. The highest BCUT2D eigenvalue weighted by Crippen LogP contribution is 2.33. The van der Waals surface area contributed by atoms with E-state index in [1.165, 1.54) is 6.92 Å². The lowest BCUT2D eigenvalue weighted by Crippen LogP contribution is -2.37. The van der Waals surface area contributed by atoms with Crippen molar-refractivity contribution in [1.29, 1.82) is 0 Å². The first-order valence-electron chi connectivity index (χ1n) is 9.33. The molecule has 0 aliphatic carbocycles. The number of aromatic amines is 1. The Morgan fingerprint density at radius 2 is 2.07 bits per heavy atom. The Hall–Kier alpha value is -2.70. The number of H-pyrrole nitrogens is 1. The lowest BCUT2D eigenvalue weighted by Gasteiger charge is -2.21. The van der Waals surface area contributed by atoms with Crippen molar-refractivity contribution in [2.24, 2.45) is 5.92 Å². The second-order valence-electron chi connectivity index (χ2n) is 7.12. The van der Waals surface area contributed by atoms with Crippen molar-refractivity contribution in [1.82, 2.24) is 15.5 Å². The maximum atomic E-state index is 12.6. The molecule has 0 radical (unpaired) electrons. The van der Waals surface area contributed by atoms with Crippen LogP contribution in [0.1, 0.15) is 30.1 Å². The van der Waals surface area contributed by atoms with Gasteiger partial charge in [0.1, 0.15) is 0 Å². The zero-order valence-corrected chi connectivity index (χ0v) is 16.3. The van der Waals surface area contributed by atoms with Crippen molar-refractivity contribution >= 4 is 40.0 Å². The third-order valence-corrected chi connectivity index (χ3v) is 5.49. The molecule has 1 atom stereocenters. The number of rotatable bonds is 4. The molecule has 1 amide bonds. The number of amides is 1. The Morgan fingerprint density at radius 1 is 1.21 bits per heavy atom. The molecule has 1 aromatic heterocycles. The number of halogens is 1. The van der Waals surface area contributed by atoms with Gasteiger partial charge in [0.2, 0.25) is 5.91 Å². The minimum Gasteiger partial charge on any atom is -0.316 e. The molecule has 2 aromatic carbocycles. The average Bonchev–Trinajstić information content (AvgIpc) is 3.11. The van der Waals surface area contributed by atoms with E-state index in [4.69, 9.17) is 11.6 Å². The molecule has 1 saturated heterocycles. The van der Waals surface area contributed by atoms with Crippen LogP contribution in [-0.4, -0.2) is 35.0 Å². The van der Waals surface area contributed by atoms with Crippen LogP contribution in [0, 0.1) is 5.92 Å². The topological polar surface area (TPSA) is 86.9 Å². The summed E-state index contributed by atoms with van der Waals surface area (Å²) in [4.78, 5) is 24.3. The molecule has 3 aromatic rings. The average molecular weight is 397 g/mol. The van der Waals surface area contributed by atoms with E-state index < -0.39 is 0 Å². The summed E-state index contributed by atoms with van der Waals surface area (Å²) in [5.74, 6) is 0.413. The second-order valence-corrected chi connectivity index (χ2v) is 7.52. The predicted octanol–water partition coefficient (Wildman–Crippen LogP) is 4.02. The number of aromatic nitrogens is 2. The SMILES string of the molecule is CC(=O)c1ccc(Cl)c(-c2ccc3[nH]nc(NC(=O)[C@@H]4CCCNC4)c3c2)c1. The summed E-state index contributed by atoms with van der Waals surface area (Å²) < 4.78 is 0. The zero-order valence-electron chi connectivity index (χ0n) is 15.5. The molecule has 1 fully saturated rings. The summed E-state index contributed by atoms with van der Waals surface area (Å²) in [6.45, 7) is 3.17. The fraction of sp³-hybridized carbons (Fsp3) is 0.286. The van der Waals surface area contributed by atoms with E-state index in [0.717, 1.165) is 41.4 Å². The number of fused-ring (bicyclic) bond motifs is 1. The Balaban J connectivity index is 1.68. The largest absolute Gasteiger partial charge is 0.316 e. The summed E-state index contributed by atoms with van der Waals surface area (Å²) >= 11 is 6.37. The number of nitrogens with zero attached hydrogens (tertiary/aromatic N) is 1. The van der Waals surface area contributed by atoms with E-state index in [1.807, 2.05) is 18.2 Å². The number of ketones is 1. The van der Waals surface area contributed by atoms with Crippen LogP contribution in [0.4, 0.5) is 5.82 Å². The molecular weight excluding hydrogens is 376 g/mol. The highest BCUT2D eigenvalue weighted by Gasteiger charge is 2.22. The maximum Gasteiger partial charge on any atom is 0.229 e. The number of carbonyl (C=O) groups excluding carboxylic acids is 2. The van der Waals surface area contributed by atoms with Crippen LogP contribution in [0.15, 0.2) is 36.4 Å². The number of benzene rings is 2. The molecule has 0 unspecified atom stereocenters. The van der Waals surface area contributed by atoms with Gasteiger partial charge in [0.25, 0.3) is 0 Å². The van der Waals surface area contributed by atoms with Gasteiger partial charge in [0, 0.05) is 28.1 Å². The molecule has 28 heavy (non-hydrogen) atoms. The standard InChI is InChI=1S/C21H21ClN4O2/c1-12(27)13-4-6-18(22)16(9-13)14-5-7-19-17(10-14)20(26-25-19)24-21(28)15-3-2-8-23-11-15/h4-7,9-10,15,23H,2-3,8,11H2,1H3,(H2,24,25,26,28)/t15-/m1/s1. The molecular formula is C21H21ClN4O2. The molecule has 0 spiro atoms. The number of Topliss-reactive ketones (excluding diaryl/α,β-unsaturated/α-hetero) is 1. The predicted molar refractivity (Wildman–Crippen MR) is 111 cm³/mol. The third-order valence-electron chi connectivity index (χ3n) is 5.16. The summed E-state index contributed by atoms with van der Waals surface area (Å²) in [6, 6.07) is 11.0. The molecule has 7 heteroatoms. The lowest BCUT2D eigenvalue weighted by molar-refractivity contribution is -0.120. The summed E-state index contributed by atoms with van der Waals surface area (Å²) in [5, 5.41) is 14.8. The van der Waals surface area contributed by atoms with Crippen LogP contribution in [0.2, 0.25) is 5.02 Å². The van der Waals surface area contributed by atoms with Gasteiger partial charge in [-0.25, -0.2) is 0 Å². The minimum absolute atomic E-state index is 0.0173. The van der Waals surface area contributed by atoms with E-state index in [0.29, 0.717) is 22.9 Å². The van der Waals surface area contributed by atoms with Crippen molar-refractivity contribution in [3.05, 3.63) is 47.0 Å². The Labute approximate surface area is 167 Å². The van der Waals surface area contributed by atoms with Crippen LogP contribution in [-0.2, 0) is 4.79 Å². The lowest BCUT2D eigenvalue weighted by atomic mass is 9.98. The highest BCUT2D eigenvalue weighted by molar-refractivity contribution is 6.33.